The van der Waals surface area contributed by atoms with Gasteiger partial charge < -0.3 is 0 Å². The zero-order chi connectivity index (χ0) is 33.3. The van der Waals surface area contributed by atoms with Crippen LogP contribution in [0.5, 0.6) is 0 Å². The molecule has 234 valence electrons. The van der Waals surface area contributed by atoms with Crippen LogP contribution < -0.4 is 0 Å². The van der Waals surface area contributed by atoms with E-state index < -0.39 is 0 Å². The van der Waals surface area contributed by atoms with Crippen LogP contribution in [0, 0.1) is 0 Å². The highest BCUT2D eigenvalue weighted by Gasteiger charge is 2.12. The minimum Gasteiger partial charge on any atom is -0.254 e. The maximum Gasteiger partial charge on any atom is 0.160 e. The summed E-state index contributed by atoms with van der Waals surface area (Å²) >= 11 is 0. The largest absolute Gasteiger partial charge is 0.254 e. The highest BCUT2D eigenvalue weighted by Crippen LogP contribution is 2.33. The first-order valence-corrected chi connectivity index (χ1v) is 16.7. The second-order valence-electron chi connectivity index (χ2n) is 12.4. The molecule has 9 aromatic rings. The van der Waals surface area contributed by atoms with E-state index in [1.165, 1.54) is 5.56 Å². The van der Waals surface area contributed by atoms with Crippen molar-refractivity contribution in [1.29, 1.82) is 0 Å². The third-order valence-corrected chi connectivity index (χ3v) is 9.18. The Morgan fingerprint density at radius 2 is 0.840 bits per heavy atom. The predicted octanol–water partition coefficient (Wildman–Crippen LogP) is 11.6. The molecule has 0 unspecified atom stereocenters. The smallest absolute Gasteiger partial charge is 0.160 e. The number of rotatable bonds is 6. The molecule has 6 aromatic carbocycles. The number of aromatic nitrogens is 4. The van der Waals surface area contributed by atoms with E-state index in [1.54, 1.807) is 0 Å². The van der Waals surface area contributed by atoms with E-state index in [-0.39, 0.29) is 0 Å². The molecule has 0 saturated heterocycles. The van der Waals surface area contributed by atoms with Gasteiger partial charge in [-0.05, 0) is 52.1 Å². The SMILES string of the molecule is c1ccc(-c2cccc(-c3cc(-c4ccc(-c5ccc(-c6cnc7c(ccc8cccnc87)c6)cc5)cc4)nc(-c4ccccc4)n3)c2)cc1. The van der Waals surface area contributed by atoms with Crippen LogP contribution >= 0.6 is 0 Å². The zero-order valence-corrected chi connectivity index (χ0v) is 27.1. The van der Waals surface area contributed by atoms with Crippen molar-refractivity contribution in [3.8, 4) is 67.3 Å². The van der Waals surface area contributed by atoms with Gasteiger partial charge in [0.2, 0.25) is 0 Å². The summed E-state index contributed by atoms with van der Waals surface area (Å²) in [5.74, 6) is 0.704. The lowest BCUT2D eigenvalue weighted by Crippen LogP contribution is -1.96. The zero-order valence-electron chi connectivity index (χ0n) is 27.1. The van der Waals surface area contributed by atoms with Gasteiger partial charge in [0.25, 0.3) is 0 Å². The number of benzene rings is 6. The van der Waals surface area contributed by atoms with Crippen LogP contribution in [-0.4, -0.2) is 19.9 Å². The Morgan fingerprint density at radius 1 is 0.300 bits per heavy atom. The maximum absolute atomic E-state index is 5.04. The van der Waals surface area contributed by atoms with E-state index in [1.807, 2.05) is 42.7 Å². The van der Waals surface area contributed by atoms with Crippen molar-refractivity contribution >= 4 is 21.8 Å². The minimum absolute atomic E-state index is 0.704. The van der Waals surface area contributed by atoms with Gasteiger partial charge >= 0.3 is 0 Å². The molecule has 0 aliphatic heterocycles. The number of hydrogen-bond donors (Lipinski definition) is 0. The molecule has 0 N–H and O–H groups in total. The number of nitrogens with zero attached hydrogens (tertiary/aromatic N) is 4. The van der Waals surface area contributed by atoms with E-state index in [0.29, 0.717) is 5.82 Å². The van der Waals surface area contributed by atoms with Crippen molar-refractivity contribution in [1.82, 2.24) is 19.9 Å². The van der Waals surface area contributed by atoms with Crippen LogP contribution in [0.1, 0.15) is 0 Å². The monoisotopic (exact) mass is 638 g/mol. The molecule has 50 heavy (non-hydrogen) atoms. The molecule has 0 amide bonds. The van der Waals surface area contributed by atoms with Crippen LogP contribution in [0.2, 0.25) is 0 Å². The van der Waals surface area contributed by atoms with Gasteiger partial charge in [0.1, 0.15) is 0 Å². The summed E-state index contributed by atoms with van der Waals surface area (Å²) in [7, 11) is 0. The van der Waals surface area contributed by atoms with Crippen molar-refractivity contribution in [2.45, 2.75) is 0 Å². The number of pyridine rings is 2. The molecule has 3 aromatic heterocycles. The van der Waals surface area contributed by atoms with Crippen LogP contribution in [0.15, 0.2) is 182 Å². The molecule has 0 bridgehead atoms. The fraction of sp³-hybridized carbons (Fsp3) is 0. The first-order valence-electron chi connectivity index (χ1n) is 16.7. The van der Waals surface area contributed by atoms with Crippen molar-refractivity contribution in [2.75, 3.05) is 0 Å². The highest BCUT2D eigenvalue weighted by molar-refractivity contribution is 6.03. The van der Waals surface area contributed by atoms with Crippen molar-refractivity contribution < 1.29 is 0 Å². The molecule has 3 heterocycles. The molecule has 0 spiro atoms. The van der Waals surface area contributed by atoms with E-state index in [0.717, 1.165) is 77.7 Å². The Balaban J connectivity index is 1.03. The van der Waals surface area contributed by atoms with Crippen LogP contribution in [0.3, 0.4) is 0 Å². The molecular weight excluding hydrogens is 609 g/mol. The van der Waals surface area contributed by atoms with Gasteiger partial charge in [-0.2, -0.15) is 0 Å². The van der Waals surface area contributed by atoms with E-state index >= 15 is 0 Å². The summed E-state index contributed by atoms with van der Waals surface area (Å²) in [5, 5.41) is 2.18. The van der Waals surface area contributed by atoms with Gasteiger partial charge in [0.15, 0.2) is 5.82 Å². The first-order chi connectivity index (χ1) is 24.7. The van der Waals surface area contributed by atoms with Gasteiger partial charge in [-0.25, -0.2) is 9.97 Å². The fourth-order valence-corrected chi connectivity index (χ4v) is 6.53. The van der Waals surface area contributed by atoms with E-state index in [2.05, 4.69) is 145 Å². The minimum atomic E-state index is 0.704. The Hall–Kier alpha value is -6.78. The van der Waals surface area contributed by atoms with E-state index in [4.69, 9.17) is 15.0 Å². The molecule has 0 aliphatic rings. The molecule has 4 nitrogen and oxygen atoms in total. The Labute approximate surface area is 290 Å². The predicted molar refractivity (Wildman–Crippen MR) is 205 cm³/mol. The third kappa shape index (κ3) is 5.69. The quantitative estimate of drug-likeness (QED) is 0.170. The number of hydrogen-bond acceptors (Lipinski definition) is 4. The highest BCUT2D eigenvalue weighted by atomic mass is 14.9. The van der Waals surface area contributed by atoms with Crippen molar-refractivity contribution in [2.24, 2.45) is 0 Å². The third-order valence-electron chi connectivity index (χ3n) is 9.18. The summed E-state index contributed by atoms with van der Waals surface area (Å²) in [6.07, 6.45) is 3.76. The summed E-state index contributed by atoms with van der Waals surface area (Å²) in [6.45, 7) is 0. The summed E-state index contributed by atoms with van der Waals surface area (Å²) in [4.78, 5) is 19.5. The molecule has 0 radical (unpaired) electrons. The molecule has 9 rings (SSSR count). The summed E-state index contributed by atoms with van der Waals surface area (Å²) in [5.41, 5.74) is 13.5. The molecule has 0 saturated carbocycles. The standard InChI is InChI=1S/C46H30N4/c1-3-9-31(10-4-1)38-13-7-14-39(27-38)43-29-42(49-46(50-43)37-11-5-2-6-12-37)35-22-20-33(21-23-35)32-16-18-34(19-17-32)41-28-40-25-24-36-15-8-26-47-44(36)45(40)48-30-41/h1-30H. The molecular formula is C46H30N4. The normalized spacial score (nSPS) is 11.2. The van der Waals surface area contributed by atoms with Gasteiger partial charge in [-0.15, -0.1) is 0 Å². The lowest BCUT2D eigenvalue weighted by atomic mass is 9.98. The van der Waals surface area contributed by atoms with Crippen LogP contribution in [-0.2, 0) is 0 Å². The summed E-state index contributed by atoms with van der Waals surface area (Å²) in [6, 6.07) is 59.0. The summed E-state index contributed by atoms with van der Waals surface area (Å²) < 4.78 is 0. The van der Waals surface area contributed by atoms with Gasteiger partial charge in [-0.3, -0.25) is 9.97 Å². The van der Waals surface area contributed by atoms with Gasteiger partial charge in [-0.1, -0.05) is 146 Å². The lowest BCUT2D eigenvalue weighted by Gasteiger charge is -2.11. The molecule has 4 heteroatoms. The van der Waals surface area contributed by atoms with E-state index in [9.17, 15) is 0 Å². The molecule has 0 aliphatic carbocycles. The van der Waals surface area contributed by atoms with Gasteiger partial charge in [0.05, 0.1) is 22.4 Å². The average Bonchev–Trinajstić information content (AvgIpc) is 3.21. The second-order valence-corrected chi connectivity index (χ2v) is 12.4. The average molecular weight is 639 g/mol. The number of fused-ring (bicyclic) bond motifs is 3. The second kappa shape index (κ2) is 12.7. The fourth-order valence-electron chi connectivity index (χ4n) is 6.53. The first kappa shape index (κ1) is 29.4. The van der Waals surface area contributed by atoms with Gasteiger partial charge in [0, 0.05) is 45.4 Å². The molecule has 0 fully saturated rings. The Bertz CT molecular complexity index is 2620. The maximum atomic E-state index is 5.04. The van der Waals surface area contributed by atoms with Crippen molar-refractivity contribution in [3.63, 3.8) is 0 Å². The van der Waals surface area contributed by atoms with Crippen molar-refractivity contribution in [3.05, 3.63) is 182 Å². The van der Waals surface area contributed by atoms with Crippen LogP contribution in [0.4, 0.5) is 0 Å². The Morgan fingerprint density at radius 3 is 1.56 bits per heavy atom. The lowest BCUT2D eigenvalue weighted by molar-refractivity contribution is 1.18. The topological polar surface area (TPSA) is 51.6 Å². The Kier molecular flexibility index (Phi) is 7.45. The molecule has 0 atom stereocenters. The van der Waals surface area contributed by atoms with Crippen LogP contribution in [0.25, 0.3) is 89.1 Å².